The molecule has 3 aliphatic heterocycles. The highest BCUT2D eigenvalue weighted by atomic mass is 35.5. The van der Waals surface area contributed by atoms with Crippen LogP contribution in [0.25, 0.3) is 5.65 Å². The molecule has 4 aliphatic rings. The molecular weight excluding hydrogens is 469 g/mol. The number of fused-ring (bicyclic) bond motifs is 7. The van der Waals surface area contributed by atoms with E-state index in [9.17, 15) is 9.18 Å². The van der Waals surface area contributed by atoms with Crippen LogP contribution in [-0.2, 0) is 13.1 Å². The average Bonchev–Trinajstić information content (AvgIpc) is 3.27. The number of carbonyl (C=O) groups excluding carboxylic acids is 1. The predicted octanol–water partition coefficient (Wildman–Crippen LogP) is 4.40. The van der Waals surface area contributed by atoms with Crippen LogP contribution in [0.2, 0.25) is 5.02 Å². The number of benzene rings is 1. The molecule has 2 bridgehead atoms. The molecule has 35 heavy (non-hydrogen) atoms. The van der Waals surface area contributed by atoms with E-state index in [1.165, 1.54) is 18.6 Å². The van der Waals surface area contributed by atoms with Gasteiger partial charge in [-0.3, -0.25) is 4.79 Å². The van der Waals surface area contributed by atoms with Crippen molar-refractivity contribution in [3.63, 3.8) is 0 Å². The summed E-state index contributed by atoms with van der Waals surface area (Å²) >= 11 is 6.36. The smallest absolute Gasteiger partial charge is 0.258 e. The zero-order valence-electron chi connectivity index (χ0n) is 20.2. The molecule has 3 aromatic rings. The van der Waals surface area contributed by atoms with Gasteiger partial charge in [0, 0.05) is 30.6 Å². The fourth-order valence-electron chi connectivity index (χ4n) is 6.07. The third kappa shape index (κ3) is 3.87. The monoisotopic (exact) mass is 497 g/mol. The van der Waals surface area contributed by atoms with Crippen LogP contribution >= 0.6 is 11.6 Å². The molecule has 3 atom stereocenters. The number of amides is 1. The largest absolute Gasteiger partial charge is 0.489 e. The second-order valence-electron chi connectivity index (χ2n) is 10.4. The van der Waals surface area contributed by atoms with Gasteiger partial charge in [0.05, 0.1) is 40.8 Å². The molecule has 1 aliphatic carbocycles. The lowest BCUT2D eigenvalue weighted by molar-refractivity contribution is 0.0696. The van der Waals surface area contributed by atoms with Gasteiger partial charge in [-0.15, -0.1) is 0 Å². The van der Waals surface area contributed by atoms with Crippen molar-refractivity contribution in [1.29, 1.82) is 0 Å². The molecule has 1 saturated carbocycles. The van der Waals surface area contributed by atoms with E-state index < -0.39 is 5.82 Å². The van der Waals surface area contributed by atoms with Crippen molar-refractivity contribution in [3.05, 3.63) is 57.2 Å². The summed E-state index contributed by atoms with van der Waals surface area (Å²) in [5, 5.41) is 5.27. The van der Waals surface area contributed by atoms with Crippen LogP contribution in [0.1, 0.15) is 52.3 Å². The van der Waals surface area contributed by atoms with Crippen molar-refractivity contribution in [2.24, 2.45) is 11.8 Å². The molecule has 1 aromatic carbocycles. The fourth-order valence-corrected chi connectivity index (χ4v) is 6.19. The molecule has 2 aromatic heterocycles. The molecule has 0 radical (unpaired) electrons. The first-order valence-electron chi connectivity index (χ1n) is 12.3. The van der Waals surface area contributed by atoms with Gasteiger partial charge in [-0.25, -0.2) is 13.9 Å². The highest BCUT2D eigenvalue weighted by molar-refractivity contribution is 6.31. The van der Waals surface area contributed by atoms with Gasteiger partial charge in [0.2, 0.25) is 0 Å². The van der Waals surface area contributed by atoms with Crippen molar-refractivity contribution in [1.82, 2.24) is 24.4 Å². The molecule has 0 spiro atoms. The number of nitrogens with zero attached hydrogens (tertiary/aromatic N) is 5. The first kappa shape index (κ1) is 22.7. The Morgan fingerprint density at radius 1 is 1.20 bits per heavy atom. The second kappa shape index (κ2) is 8.45. The van der Waals surface area contributed by atoms with Gasteiger partial charge in [0.1, 0.15) is 17.7 Å². The van der Waals surface area contributed by atoms with E-state index in [4.69, 9.17) is 16.3 Å². The molecule has 1 amide bonds. The van der Waals surface area contributed by atoms with Gasteiger partial charge in [-0.05, 0) is 58.2 Å². The zero-order chi connectivity index (χ0) is 24.4. The summed E-state index contributed by atoms with van der Waals surface area (Å²) in [6.07, 6.45) is 3.25. The zero-order valence-corrected chi connectivity index (χ0v) is 21.0. The molecule has 5 heterocycles. The highest BCUT2D eigenvalue weighted by Gasteiger charge is 2.38. The normalized spacial score (nSPS) is 24.1. The van der Waals surface area contributed by atoms with E-state index in [0.717, 1.165) is 54.2 Å². The first-order chi connectivity index (χ1) is 16.8. The van der Waals surface area contributed by atoms with Crippen LogP contribution < -0.4 is 4.74 Å². The molecule has 9 heteroatoms. The summed E-state index contributed by atoms with van der Waals surface area (Å²) in [5.41, 5.74) is 4.43. The summed E-state index contributed by atoms with van der Waals surface area (Å²) < 4.78 is 22.5. The summed E-state index contributed by atoms with van der Waals surface area (Å²) in [7, 11) is 2.15. The Labute approximate surface area is 208 Å². The van der Waals surface area contributed by atoms with E-state index in [1.54, 1.807) is 15.5 Å². The minimum atomic E-state index is -0.401. The van der Waals surface area contributed by atoms with Gasteiger partial charge in [-0.1, -0.05) is 11.6 Å². The maximum Gasteiger partial charge on any atom is 0.258 e. The lowest BCUT2D eigenvalue weighted by Gasteiger charge is -2.33. The third-order valence-electron chi connectivity index (χ3n) is 7.85. The minimum absolute atomic E-state index is 0.00747. The Morgan fingerprint density at radius 3 is 2.86 bits per heavy atom. The summed E-state index contributed by atoms with van der Waals surface area (Å²) in [4.78, 5) is 22.4. The Kier molecular flexibility index (Phi) is 5.49. The standard InChI is InChI=1S/C26H29ClFN5O2/c1-14-24(27)15(2)33-25(29-14)20-12-32(13-21(20)30-33)26(34)19-7-6-18(28)9-23(19)35-22-8-16-4-5-17(22)11-31(3)10-16/h6-7,9,16-17,22H,4-5,8,10-13H2,1-3H3/t16?,17-,22+/m0/s1. The maximum atomic E-state index is 14.3. The molecule has 2 saturated heterocycles. The van der Waals surface area contributed by atoms with E-state index in [2.05, 4.69) is 22.0 Å². The number of rotatable bonds is 3. The molecule has 7 rings (SSSR count). The molecule has 0 N–H and O–H groups in total. The van der Waals surface area contributed by atoms with Crippen LogP contribution in [0.15, 0.2) is 18.2 Å². The summed E-state index contributed by atoms with van der Waals surface area (Å²) in [6.45, 7) is 6.57. The SMILES string of the molecule is Cc1nc2c3c(nn2c(C)c1Cl)CN(C(=O)c1ccc(F)cc1O[C@@H]1CC2CC[C@H]1CN(C)C2)C3. The van der Waals surface area contributed by atoms with Gasteiger partial charge < -0.3 is 14.5 Å². The topological polar surface area (TPSA) is 63.0 Å². The Bertz CT molecular complexity index is 1340. The van der Waals surface area contributed by atoms with E-state index in [0.29, 0.717) is 41.3 Å². The number of ether oxygens (including phenoxy) is 1. The van der Waals surface area contributed by atoms with Crippen molar-refractivity contribution < 1.29 is 13.9 Å². The van der Waals surface area contributed by atoms with Crippen molar-refractivity contribution in [2.75, 3.05) is 20.1 Å². The molecule has 184 valence electrons. The van der Waals surface area contributed by atoms with E-state index in [1.807, 2.05) is 13.8 Å². The lowest BCUT2D eigenvalue weighted by atomic mass is 9.81. The van der Waals surface area contributed by atoms with E-state index >= 15 is 0 Å². The average molecular weight is 498 g/mol. The number of hydrogen-bond donors (Lipinski definition) is 0. The number of halogens is 2. The maximum absolute atomic E-state index is 14.3. The van der Waals surface area contributed by atoms with E-state index in [-0.39, 0.29) is 12.0 Å². The number of hydrogen-bond acceptors (Lipinski definition) is 5. The van der Waals surface area contributed by atoms with Gasteiger partial charge in [0.15, 0.2) is 5.65 Å². The predicted molar refractivity (Wildman–Crippen MR) is 130 cm³/mol. The highest BCUT2D eigenvalue weighted by Crippen LogP contribution is 2.38. The van der Waals surface area contributed by atoms with Crippen molar-refractivity contribution in [2.45, 2.75) is 52.3 Å². The van der Waals surface area contributed by atoms with Crippen LogP contribution in [0.5, 0.6) is 5.75 Å². The van der Waals surface area contributed by atoms with Crippen LogP contribution in [0.3, 0.4) is 0 Å². The van der Waals surface area contributed by atoms with Crippen LogP contribution in [0, 0.1) is 31.5 Å². The summed E-state index contributed by atoms with van der Waals surface area (Å²) in [5.74, 6) is 0.718. The third-order valence-corrected chi connectivity index (χ3v) is 8.40. The number of aryl methyl sites for hydroxylation is 2. The van der Waals surface area contributed by atoms with Crippen molar-refractivity contribution in [3.8, 4) is 5.75 Å². The lowest BCUT2D eigenvalue weighted by Crippen LogP contribution is -2.35. The van der Waals surface area contributed by atoms with Gasteiger partial charge in [-0.2, -0.15) is 5.10 Å². The second-order valence-corrected chi connectivity index (χ2v) is 10.8. The van der Waals surface area contributed by atoms with Gasteiger partial charge in [0.25, 0.3) is 5.91 Å². The number of aromatic nitrogens is 3. The van der Waals surface area contributed by atoms with Gasteiger partial charge >= 0.3 is 0 Å². The Balaban J connectivity index is 1.27. The Morgan fingerprint density at radius 2 is 2.03 bits per heavy atom. The van der Waals surface area contributed by atoms with Crippen LogP contribution in [-0.4, -0.2) is 56.5 Å². The molecule has 7 nitrogen and oxygen atoms in total. The van der Waals surface area contributed by atoms with Crippen LogP contribution in [0.4, 0.5) is 4.39 Å². The first-order valence-corrected chi connectivity index (χ1v) is 12.6. The molecule has 1 unspecified atom stereocenters. The molecule has 3 fully saturated rings. The van der Waals surface area contributed by atoms with Crippen molar-refractivity contribution >= 4 is 23.2 Å². The Hall–Kier alpha value is -2.71. The quantitative estimate of drug-likeness (QED) is 0.536. The minimum Gasteiger partial charge on any atom is -0.489 e. The summed E-state index contributed by atoms with van der Waals surface area (Å²) in [6, 6.07) is 4.23. The fraction of sp³-hybridized carbons (Fsp3) is 0.500. The number of carbonyl (C=O) groups is 1. The molecular formula is C26H29ClFN5O2.